The van der Waals surface area contributed by atoms with Gasteiger partial charge in [-0.3, -0.25) is 14.4 Å². The van der Waals surface area contributed by atoms with Crippen molar-refractivity contribution in [3.8, 4) is 11.8 Å². The van der Waals surface area contributed by atoms with Gasteiger partial charge in [0.1, 0.15) is 24.0 Å². The van der Waals surface area contributed by atoms with Crippen molar-refractivity contribution in [2.45, 2.75) is 71.6 Å². The first-order chi connectivity index (χ1) is 29.2. The van der Waals surface area contributed by atoms with E-state index in [4.69, 9.17) is 16.3 Å². The Morgan fingerprint density at radius 3 is 2.30 bits per heavy atom. The molecule has 14 heteroatoms. The number of hydrogen-bond donors (Lipinski definition) is 3. The summed E-state index contributed by atoms with van der Waals surface area (Å²) in [6.45, 7) is 13.3. The number of nitriles is 1. The lowest BCUT2D eigenvalue weighted by Crippen LogP contribution is -2.74. The van der Waals surface area contributed by atoms with E-state index in [0.29, 0.717) is 40.7 Å². The van der Waals surface area contributed by atoms with Crippen LogP contribution in [0.3, 0.4) is 0 Å². The van der Waals surface area contributed by atoms with Gasteiger partial charge in [-0.25, -0.2) is 4.68 Å². The number of benzene rings is 3. The maximum atomic E-state index is 15.3. The van der Waals surface area contributed by atoms with Crippen LogP contribution in [0.25, 0.3) is 10.8 Å². The van der Waals surface area contributed by atoms with Gasteiger partial charge >= 0.3 is 0 Å². The second-order valence-electron chi connectivity index (χ2n) is 17.8. The molecule has 1 saturated carbocycles. The summed E-state index contributed by atoms with van der Waals surface area (Å²) in [6.07, 6.45) is 8.65. The van der Waals surface area contributed by atoms with Crippen LogP contribution in [0.5, 0.6) is 5.75 Å². The molecule has 1 atom stereocenters. The number of anilines is 2. The third kappa shape index (κ3) is 8.36. The molecule has 4 aromatic rings. The van der Waals surface area contributed by atoms with Gasteiger partial charge in [0.2, 0.25) is 11.9 Å². The Labute approximate surface area is 360 Å². The van der Waals surface area contributed by atoms with Crippen LogP contribution in [0.2, 0.25) is 5.02 Å². The average Bonchev–Trinajstić information content (AvgIpc) is 3.26. The molecule has 1 aliphatic carbocycles. The molecule has 0 radical (unpaired) electrons. The van der Waals surface area contributed by atoms with Crippen LogP contribution in [0.15, 0.2) is 89.4 Å². The van der Waals surface area contributed by atoms with Gasteiger partial charge in [0.05, 0.1) is 16.0 Å². The zero-order valence-electron chi connectivity index (χ0n) is 35.0. The number of aromatic nitrogens is 2. The molecular formula is C47H52ClFN8O4. The van der Waals surface area contributed by atoms with Crippen molar-refractivity contribution < 1.29 is 18.7 Å². The summed E-state index contributed by atoms with van der Waals surface area (Å²) < 4.78 is 22.7. The van der Waals surface area contributed by atoms with E-state index >= 15 is 4.39 Å². The lowest BCUT2D eigenvalue weighted by molar-refractivity contribution is -0.164. The summed E-state index contributed by atoms with van der Waals surface area (Å²) in [5, 5.41) is 23.4. The van der Waals surface area contributed by atoms with Crippen molar-refractivity contribution in [1.29, 1.82) is 5.26 Å². The first kappa shape index (κ1) is 42.0. The molecule has 0 bridgehead atoms. The third-order valence-corrected chi connectivity index (χ3v) is 13.4. The topological polar surface area (TPSA) is 145 Å². The largest absolute Gasteiger partial charge is 0.489 e. The van der Waals surface area contributed by atoms with Crippen LogP contribution in [-0.2, 0) is 4.79 Å². The van der Waals surface area contributed by atoms with Gasteiger partial charge in [-0.2, -0.15) is 9.65 Å². The Balaban J connectivity index is 0.811. The number of nitrogens with zero attached hydrogens (tertiary/aromatic N) is 5. The summed E-state index contributed by atoms with van der Waals surface area (Å²) in [7, 11) is 0. The fourth-order valence-corrected chi connectivity index (χ4v) is 10.1. The molecule has 1 unspecified atom stereocenters. The first-order valence-electron chi connectivity index (χ1n) is 21.1. The molecule has 0 spiro atoms. The predicted octanol–water partition coefficient (Wildman–Crippen LogP) is 6.89. The standard InChI is InChI=1S/C47H52ClFN8O4/c1-46(2)44(47(3,4)45(46)61-35-15-10-31(28-50)38(48)27-35)53-41(58)30-8-12-33(13-9-30)55-22-18-29(19-23-55)6-5-7-32-11-17-39(42(59)52-32)57-43(60)36-16-14-34(26-37(36)40(49)54-57)56-24-20-51-21-25-56/h5-10,12-16,26-27,29,39,44-45,51H,11,17-25H2,1-4H3,(H,52,59)(H,53,58)/b6-5+,32-7-. The van der Waals surface area contributed by atoms with Crippen molar-refractivity contribution in [3.05, 3.63) is 117 Å². The highest BCUT2D eigenvalue weighted by atomic mass is 35.5. The van der Waals surface area contributed by atoms with Crippen LogP contribution in [0, 0.1) is 34.0 Å². The molecule has 3 aromatic carbocycles. The Morgan fingerprint density at radius 2 is 1.62 bits per heavy atom. The number of nitrogens with one attached hydrogen (secondary N) is 3. The summed E-state index contributed by atoms with van der Waals surface area (Å²) in [4.78, 5) is 44.6. The predicted molar refractivity (Wildman–Crippen MR) is 235 cm³/mol. The number of allylic oxidation sites excluding steroid dienone is 4. The summed E-state index contributed by atoms with van der Waals surface area (Å²) in [5.41, 5.74) is 2.45. The second-order valence-corrected chi connectivity index (χ2v) is 18.2. The van der Waals surface area contributed by atoms with Crippen LogP contribution in [0.4, 0.5) is 15.8 Å². The number of piperidine rings is 2. The monoisotopic (exact) mass is 846 g/mol. The number of halogens is 2. The molecule has 3 saturated heterocycles. The molecule has 1 aromatic heterocycles. The van der Waals surface area contributed by atoms with Gasteiger partial charge < -0.3 is 30.5 Å². The van der Waals surface area contributed by atoms with Crippen LogP contribution in [-0.4, -0.2) is 73.0 Å². The van der Waals surface area contributed by atoms with Crippen molar-refractivity contribution in [1.82, 2.24) is 25.7 Å². The Kier molecular flexibility index (Phi) is 11.7. The minimum Gasteiger partial charge on any atom is -0.489 e. The second kappa shape index (κ2) is 17.0. The number of carbonyl (C=O) groups is 2. The van der Waals surface area contributed by atoms with E-state index in [1.807, 2.05) is 42.5 Å². The van der Waals surface area contributed by atoms with Crippen molar-refractivity contribution in [3.63, 3.8) is 0 Å². The van der Waals surface area contributed by atoms with Gasteiger partial charge in [-0.05, 0) is 92.3 Å². The fraction of sp³-hybridized carbons (Fsp3) is 0.426. The first-order valence-corrected chi connectivity index (χ1v) is 21.5. The van der Waals surface area contributed by atoms with E-state index in [9.17, 15) is 19.6 Å². The zero-order valence-corrected chi connectivity index (χ0v) is 35.8. The molecule has 4 aliphatic rings. The molecule has 3 aliphatic heterocycles. The van der Waals surface area contributed by atoms with Gasteiger partial charge in [0.25, 0.3) is 11.5 Å². The maximum absolute atomic E-state index is 15.3. The van der Waals surface area contributed by atoms with E-state index in [-0.39, 0.29) is 45.6 Å². The van der Waals surface area contributed by atoms with Gasteiger partial charge in [-0.1, -0.05) is 51.4 Å². The molecule has 61 heavy (non-hydrogen) atoms. The average molecular weight is 847 g/mol. The quantitative estimate of drug-likeness (QED) is 0.164. The van der Waals surface area contributed by atoms with E-state index in [2.05, 4.69) is 70.7 Å². The Hall–Kier alpha value is -5.71. The highest BCUT2D eigenvalue weighted by Crippen LogP contribution is 2.55. The molecule has 4 heterocycles. The van der Waals surface area contributed by atoms with Crippen molar-refractivity contribution in [2.75, 3.05) is 49.1 Å². The Bertz CT molecular complexity index is 2480. The molecule has 318 valence electrons. The van der Waals surface area contributed by atoms with Crippen LogP contribution < -0.4 is 36.0 Å². The van der Waals surface area contributed by atoms with Gasteiger partial charge in [0, 0.05) is 90.2 Å². The smallest absolute Gasteiger partial charge is 0.275 e. The third-order valence-electron chi connectivity index (χ3n) is 13.1. The normalized spacial score (nSPS) is 23.4. The molecule has 4 fully saturated rings. The molecule has 3 N–H and O–H groups in total. The number of carbonyl (C=O) groups excluding carboxylic acids is 2. The number of ether oxygens (including phenoxy) is 1. The minimum atomic E-state index is -0.897. The lowest BCUT2D eigenvalue weighted by atomic mass is 9.49. The lowest BCUT2D eigenvalue weighted by Gasteiger charge is -2.63. The number of fused-ring (bicyclic) bond motifs is 1. The van der Waals surface area contributed by atoms with E-state index in [1.54, 1.807) is 30.3 Å². The summed E-state index contributed by atoms with van der Waals surface area (Å²) in [5.74, 6) is -0.310. The molecule has 8 rings (SSSR count). The van der Waals surface area contributed by atoms with Crippen LogP contribution in [0.1, 0.15) is 75.3 Å². The summed E-state index contributed by atoms with van der Waals surface area (Å²) >= 11 is 6.25. The SMILES string of the molecule is CC1(C)C(NC(=O)c2ccc(N3CCC(/C=C/C=C4/CCC(n5nc(F)c6cc(N7CCNCC7)ccc6c5=O)C(=O)N4)CC3)cc2)C(C)(C)C1Oc1ccc(C#N)c(Cl)c1. The van der Waals surface area contributed by atoms with Crippen molar-refractivity contribution >= 4 is 45.6 Å². The minimum absolute atomic E-state index is 0.131. The van der Waals surface area contributed by atoms with E-state index in [0.717, 1.165) is 73.9 Å². The van der Waals surface area contributed by atoms with E-state index < -0.39 is 17.5 Å². The van der Waals surface area contributed by atoms with Crippen LogP contribution >= 0.6 is 11.6 Å². The van der Waals surface area contributed by atoms with Gasteiger partial charge in [-0.15, -0.1) is 5.10 Å². The zero-order chi connectivity index (χ0) is 43.1. The summed E-state index contributed by atoms with van der Waals surface area (Å²) in [6, 6.07) is 19.0. The molecule has 12 nitrogen and oxygen atoms in total. The molecule has 2 amide bonds. The molecular weight excluding hydrogens is 795 g/mol. The number of rotatable bonds is 9. The van der Waals surface area contributed by atoms with Crippen molar-refractivity contribution in [2.24, 2.45) is 16.7 Å². The highest BCUT2D eigenvalue weighted by molar-refractivity contribution is 6.31. The highest BCUT2D eigenvalue weighted by Gasteiger charge is 2.64. The number of hydrogen-bond acceptors (Lipinski definition) is 9. The Morgan fingerprint density at radius 1 is 0.934 bits per heavy atom. The van der Waals surface area contributed by atoms with E-state index in [1.165, 1.54) is 0 Å². The fourth-order valence-electron chi connectivity index (χ4n) is 9.94. The maximum Gasteiger partial charge on any atom is 0.275 e. The van der Waals surface area contributed by atoms with Gasteiger partial charge in [0.15, 0.2) is 0 Å². The number of amides is 2. The number of piperazine rings is 1.